The summed E-state index contributed by atoms with van der Waals surface area (Å²) >= 11 is 0. The van der Waals surface area contributed by atoms with Crippen molar-refractivity contribution in [2.45, 2.75) is 33.5 Å². The Morgan fingerprint density at radius 2 is 2.16 bits per heavy atom. The van der Waals surface area contributed by atoms with Crippen LogP contribution in [0.5, 0.6) is 5.75 Å². The first kappa shape index (κ1) is 18.6. The first-order chi connectivity index (χ1) is 12.0. The molecule has 1 heterocycles. The van der Waals surface area contributed by atoms with Gasteiger partial charge in [0, 0.05) is 19.2 Å². The van der Waals surface area contributed by atoms with Gasteiger partial charge >= 0.3 is 6.61 Å². The first-order valence-electron chi connectivity index (χ1n) is 7.89. The van der Waals surface area contributed by atoms with Crippen LogP contribution in [0.4, 0.5) is 8.78 Å². The second kappa shape index (κ2) is 8.95. The average molecular weight is 352 g/mol. The molecule has 2 rings (SSSR count). The van der Waals surface area contributed by atoms with Crippen molar-refractivity contribution in [3.8, 4) is 5.75 Å². The number of rotatable bonds is 7. The number of nitrogens with zero attached hydrogens (tertiary/aromatic N) is 4. The molecular weight excluding hydrogens is 330 g/mol. The van der Waals surface area contributed by atoms with Crippen molar-refractivity contribution in [1.82, 2.24) is 25.4 Å². The van der Waals surface area contributed by atoms with Crippen molar-refractivity contribution in [2.24, 2.45) is 12.0 Å². The third-order valence-corrected chi connectivity index (χ3v) is 3.40. The lowest BCUT2D eigenvalue weighted by molar-refractivity contribution is -0.0504. The van der Waals surface area contributed by atoms with Crippen LogP contribution in [-0.4, -0.2) is 33.9 Å². The number of hydrogen-bond acceptors (Lipinski definition) is 4. The summed E-state index contributed by atoms with van der Waals surface area (Å²) in [6, 6.07) is 5.04. The molecule has 0 fully saturated rings. The molecule has 0 saturated heterocycles. The Morgan fingerprint density at radius 3 is 2.80 bits per heavy atom. The van der Waals surface area contributed by atoms with Gasteiger partial charge in [0.15, 0.2) is 5.96 Å². The summed E-state index contributed by atoms with van der Waals surface area (Å²) < 4.78 is 31.3. The quantitative estimate of drug-likeness (QED) is 0.589. The maximum absolute atomic E-state index is 12.5. The smallest absolute Gasteiger partial charge is 0.387 e. The Kier molecular flexibility index (Phi) is 6.67. The van der Waals surface area contributed by atoms with Crippen molar-refractivity contribution >= 4 is 5.96 Å². The SMILES string of the molecule is CCNC(=NCc1cc(C)ccc1OC(F)F)NCc1ncnn1C. The molecule has 2 aromatic rings. The molecule has 7 nitrogen and oxygen atoms in total. The first-order valence-corrected chi connectivity index (χ1v) is 7.89. The molecule has 9 heteroatoms. The summed E-state index contributed by atoms with van der Waals surface area (Å²) in [6.45, 7) is 2.27. The van der Waals surface area contributed by atoms with Crippen LogP contribution in [0.1, 0.15) is 23.9 Å². The van der Waals surface area contributed by atoms with Crippen LogP contribution in [0, 0.1) is 6.92 Å². The van der Waals surface area contributed by atoms with Crippen LogP contribution < -0.4 is 15.4 Å². The molecule has 1 aromatic heterocycles. The maximum atomic E-state index is 12.5. The zero-order chi connectivity index (χ0) is 18.2. The number of alkyl halides is 2. The van der Waals surface area contributed by atoms with Gasteiger partial charge in [0.25, 0.3) is 0 Å². The van der Waals surface area contributed by atoms with Crippen molar-refractivity contribution in [3.05, 3.63) is 41.5 Å². The third-order valence-electron chi connectivity index (χ3n) is 3.40. The minimum Gasteiger partial charge on any atom is -0.434 e. The van der Waals surface area contributed by atoms with Crippen molar-refractivity contribution in [2.75, 3.05) is 6.54 Å². The van der Waals surface area contributed by atoms with Gasteiger partial charge in [-0.15, -0.1) is 0 Å². The predicted octanol–water partition coefficient (Wildman–Crippen LogP) is 1.98. The number of aryl methyl sites for hydroxylation is 2. The molecule has 0 aliphatic rings. The zero-order valence-corrected chi connectivity index (χ0v) is 14.5. The Labute approximate surface area is 145 Å². The predicted molar refractivity (Wildman–Crippen MR) is 90.5 cm³/mol. The van der Waals surface area contributed by atoms with Gasteiger partial charge in [-0.05, 0) is 19.9 Å². The van der Waals surface area contributed by atoms with E-state index in [0.29, 0.717) is 24.6 Å². The topological polar surface area (TPSA) is 76.4 Å². The van der Waals surface area contributed by atoms with E-state index in [2.05, 4.69) is 30.4 Å². The normalized spacial score (nSPS) is 11.7. The van der Waals surface area contributed by atoms with E-state index in [4.69, 9.17) is 0 Å². The number of guanidine groups is 1. The van der Waals surface area contributed by atoms with E-state index in [1.54, 1.807) is 23.9 Å². The number of benzene rings is 1. The van der Waals surface area contributed by atoms with Gasteiger partial charge in [-0.25, -0.2) is 9.98 Å². The minimum absolute atomic E-state index is 0.133. The highest BCUT2D eigenvalue weighted by molar-refractivity contribution is 5.79. The molecule has 0 atom stereocenters. The van der Waals surface area contributed by atoms with Crippen molar-refractivity contribution in [3.63, 3.8) is 0 Å². The number of aromatic nitrogens is 3. The molecule has 0 bridgehead atoms. The lowest BCUT2D eigenvalue weighted by Gasteiger charge is -2.13. The van der Waals surface area contributed by atoms with Gasteiger partial charge in [0.1, 0.15) is 17.9 Å². The maximum Gasteiger partial charge on any atom is 0.387 e. The molecule has 0 unspecified atom stereocenters. The van der Waals surface area contributed by atoms with Gasteiger partial charge in [0.05, 0.1) is 13.1 Å². The molecule has 1 aromatic carbocycles. The monoisotopic (exact) mass is 352 g/mol. The molecule has 2 N–H and O–H groups in total. The number of halogens is 2. The summed E-state index contributed by atoms with van der Waals surface area (Å²) in [5.74, 6) is 1.44. The second-order valence-corrected chi connectivity index (χ2v) is 5.34. The van der Waals surface area contributed by atoms with E-state index in [1.807, 2.05) is 13.8 Å². The molecule has 0 aliphatic heterocycles. The molecule has 0 spiro atoms. The lowest BCUT2D eigenvalue weighted by Crippen LogP contribution is -2.37. The summed E-state index contributed by atoms with van der Waals surface area (Å²) in [5.41, 5.74) is 1.54. The van der Waals surface area contributed by atoms with Crippen LogP contribution in [0.2, 0.25) is 0 Å². The van der Waals surface area contributed by atoms with E-state index >= 15 is 0 Å². The van der Waals surface area contributed by atoms with Gasteiger partial charge in [-0.3, -0.25) is 4.68 Å². The molecule has 0 amide bonds. The van der Waals surface area contributed by atoms with E-state index in [0.717, 1.165) is 11.4 Å². The molecule has 0 radical (unpaired) electrons. The fourth-order valence-corrected chi connectivity index (χ4v) is 2.19. The highest BCUT2D eigenvalue weighted by atomic mass is 19.3. The standard InChI is InChI=1S/C16H22F2N6O/c1-4-19-16(21-9-14-22-10-23-24(14)3)20-8-12-7-11(2)5-6-13(12)25-15(17)18/h5-7,10,15H,4,8-9H2,1-3H3,(H2,19,20,21). The lowest BCUT2D eigenvalue weighted by atomic mass is 10.1. The summed E-state index contributed by atoms with van der Waals surface area (Å²) in [5, 5.41) is 10.2. The molecule has 25 heavy (non-hydrogen) atoms. The third kappa shape index (κ3) is 5.70. The second-order valence-electron chi connectivity index (χ2n) is 5.34. The van der Waals surface area contributed by atoms with Crippen LogP contribution in [0.25, 0.3) is 0 Å². The molecular formula is C16H22F2N6O. The van der Waals surface area contributed by atoms with Gasteiger partial charge in [-0.1, -0.05) is 17.7 Å². The Hall–Kier alpha value is -2.71. The van der Waals surface area contributed by atoms with E-state index in [1.165, 1.54) is 12.4 Å². The van der Waals surface area contributed by atoms with E-state index in [-0.39, 0.29) is 12.3 Å². The van der Waals surface area contributed by atoms with Crippen molar-refractivity contribution < 1.29 is 13.5 Å². The Bertz CT molecular complexity index is 716. The van der Waals surface area contributed by atoms with E-state index < -0.39 is 6.61 Å². The van der Waals surface area contributed by atoms with Crippen LogP contribution in [0.3, 0.4) is 0 Å². The van der Waals surface area contributed by atoms with Crippen LogP contribution in [-0.2, 0) is 20.1 Å². The zero-order valence-electron chi connectivity index (χ0n) is 14.5. The Morgan fingerprint density at radius 1 is 1.36 bits per heavy atom. The summed E-state index contributed by atoms with van der Waals surface area (Å²) in [4.78, 5) is 8.56. The highest BCUT2D eigenvalue weighted by Crippen LogP contribution is 2.22. The van der Waals surface area contributed by atoms with E-state index in [9.17, 15) is 8.78 Å². The molecule has 136 valence electrons. The van der Waals surface area contributed by atoms with Gasteiger partial charge in [0.2, 0.25) is 0 Å². The number of hydrogen-bond donors (Lipinski definition) is 2. The van der Waals surface area contributed by atoms with Crippen molar-refractivity contribution in [1.29, 1.82) is 0 Å². The fraction of sp³-hybridized carbons (Fsp3) is 0.438. The molecule has 0 saturated carbocycles. The highest BCUT2D eigenvalue weighted by Gasteiger charge is 2.10. The largest absolute Gasteiger partial charge is 0.434 e. The average Bonchev–Trinajstić information content (AvgIpc) is 2.97. The fourth-order valence-electron chi connectivity index (χ4n) is 2.19. The minimum atomic E-state index is -2.87. The van der Waals surface area contributed by atoms with Gasteiger partial charge < -0.3 is 15.4 Å². The summed E-state index contributed by atoms with van der Waals surface area (Å²) in [6.07, 6.45) is 1.47. The van der Waals surface area contributed by atoms with Crippen LogP contribution in [0.15, 0.2) is 29.5 Å². The van der Waals surface area contributed by atoms with Crippen LogP contribution >= 0.6 is 0 Å². The molecule has 0 aliphatic carbocycles. The van der Waals surface area contributed by atoms with Gasteiger partial charge in [-0.2, -0.15) is 13.9 Å². The Balaban J connectivity index is 2.09. The number of aliphatic imine (C=N–C) groups is 1. The summed E-state index contributed by atoms with van der Waals surface area (Å²) in [7, 11) is 1.80. The number of nitrogens with one attached hydrogen (secondary N) is 2. The number of ether oxygens (including phenoxy) is 1.